The second-order valence-corrected chi connectivity index (χ2v) is 6.44. The van der Waals surface area contributed by atoms with Crippen molar-refractivity contribution in [1.29, 1.82) is 0 Å². The van der Waals surface area contributed by atoms with Gasteiger partial charge in [-0.1, -0.05) is 37.3 Å². The zero-order valence-corrected chi connectivity index (χ0v) is 14.5. The number of hydrogen-bond acceptors (Lipinski definition) is 3. The van der Waals surface area contributed by atoms with E-state index in [4.69, 9.17) is 0 Å². The summed E-state index contributed by atoms with van der Waals surface area (Å²) in [4.78, 5) is 17.5. The molecule has 1 aliphatic heterocycles. The molecule has 0 unspecified atom stereocenters. The van der Waals surface area contributed by atoms with E-state index in [0.29, 0.717) is 0 Å². The van der Waals surface area contributed by atoms with Gasteiger partial charge in [-0.15, -0.1) is 0 Å². The van der Waals surface area contributed by atoms with Gasteiger partial charge >= 0.3 is 0 Å². The van der Waals surface area contributed by atoms with Crippen molar-refractivity contribution >= 4 is 5.91 Å². The lowest BCUT2D eigenvalue weighted by molar-refractivity contribution is -0.137. The Morgan fingerprint density at radius 1 is 1.33 bits per heavy atom. The van der Waals surface area contributed by atoms with E-state index in [2.05, 4.69) is 21.8 Å². The third-order valence-electron chi connectivity index (χ3n) is 4.91. The monoisotopic (exact) mass is 326 g/mol. The Hall–Kier alpha value is -2.14. The van der Waals surface area contributed by atoms with Crippen LogP contribution in [0.15, 0.2) is 48.8 Å². The van der Waals surface area contributed by atoms with E-state index in [1.807, 2.05) is 54.3 Å². The molecule has 1 amide bonds. The largest absolute Gasteiger partial charge is 0.336 e. The van der Waals surface area contributed by atoms with Crippen LogP contribution in [0.25, 0.3) is 0 Å². The van der Waals surface area contributed by atoms with Gasteiger partial charge in [-0.05, 0) is 38.1 Å². The first-order chi connectivity index (χ1) is 11.7. The van der Waals surface area contributed by atoms with Crippen molar-refractivity contribution in [3.8, 4) is 0 Å². The molecule has 0 saturated carbocycles. The van der Waals surface area contributed by atoms with E-state index in [0.717, 1.165) is 38.0 Å². The molecule has 2 atom stereocenters. The predicted molar refractivity (Wildman–Crippen MR) is 94.4 cm³/mol. The van der Waals surface area contributed by atoms with Gasteiger partial charge < -0.3 is 4.90 Å². The lowest BCUT2D eigenvalue weighted by atomic mass is 10.0. The summed E-state index contributed by atoms with van der Waals surface area (Å²) in [5.41, 5.74) is 1.07. The Kier molecular flexibility index (Phi) is 5.30. The topological polar surface area (TPSA) is 41.4 Å². The fourth-order valence-electron chi connectivity index (χ4n) is 3.50. The van der Waals surface area contributed by atoms with Gasteiger partial charge in [-0.3, -0.25) is 14.4 Å². The van der Waals surface area contributed by atoms with Gasteiger partial charge in [0, 0.05) is 18.9 Å². The Balaban J connectivity index is 1.81. The number of amides is 1. The maximum absolute atomic E-state index is 13.3. The Labute approximate surface area is 143 Å². The molecule has 1 saturated heterocycles. The van der Waals surface area contributed by atoms with Gasteiger partial charge in [0.1, 0.15) is 6.04 Å². The first kappa shape index (κ1) is 16.7. The summed E-state index contributed by atoms with van der Waals surface area (Å²) in [5, 5.41) is 4.30. The Morgan fingerprint density at radius 2 is 2.12 bits per heavy atom. The maximum Gasteiger partial charge on any atom is 0.244 e. The summed E-state index contributed by atoms with van der Waals surface area (Å²) >= 11 is 0. The van der Waals surface area contributed by atoms with Crippen molar-refractivity contribution in [2.45, 2.75) is 38.4 Å². The minimum absolute atomic E-state index is 0.209. The lowest BCUT2D eigenvalue weighted by Gasteiger charge is -2.33. The smallest absolute Gasteiger partial charge is 0.244 e. The van der Waals surface area contributed by atoms with Crippen molar-refractivity contribution in [1.82, 2.24) is 19.6 Å². The van der Waals surface area contributed by atoms with Gasteiger partial charge in [0.25, 0.3) is 0 Å². The minimum Gasteiger partial charge on any atom is -0.336 e. The van der Waals surface area contributed by atoms with Crippen molar-refractivity contribution in [2.24, 2.45) is 0 Å². The summed E-state index contributed by atoms with van der Waals surface area (Å²) in [7, 11) is 2.02. The molecular formula is C19H26N4O. The van der Waals surface area contributed by atoms with Crippen LogP contribution in [0.5, 0.6) is 0 Å². The van der Waals surface area contributed by atoms with E-state index in [1.54, 1.807) is 6.20 Å². The van der Waals surface area contributed by atoms with Crippen LogP contribution < -0.4 is 0 Å². The molecule has 2 aromatic rings. The number of rotatable bonds is 6. The lowest BCUT2D eigenvalue weighted by Crippen LogP contribution is -2.45. The number of nitrogens with zero attached hydrogens (tertiary/aromatic N) is 4. The van der Waals surface area contributed by atoms with Crippen LogP contribution in [-0.2, 0) is 11.3 Å². The van der Waals surface area contributed by atoms with Crippen LogP contribution >= 0.6 is 0 Å². The number of likely N-dealkylation sites (tertiary alicyclic amines) is 1. The molecule has 0 spiro atoms. The fourth-order valence-corrected chi connectivity index (χ4v) is 3.50. The molecule has 0 radical (unpaired) electrons. The number of carbonyl (C=O) groups is 1. The highest BCUT2D eigenvalue weighted by molar-refractivity contribution is 5.83. The molecule has 5 heteroatoms. The molecule has 5 nitrogen and oxygen atoms in total. The molecule has 24 heavy (non-hydrogen) atoms. The van der Waals surface area contributed by atoms with Gasteiger partial charge in [-0.2, -0.15) is 5.10 Å². The summed E-state index contributed by atoms with van der Waals surface area (Å²) in [5.74, 6) is 0.209. The number of carbonyl (C=O) groups excluding carboxylic acids is 1. The maximum atomic E-state index is 13.3. The quantitative estimate of drug-likeness (QED) is 0.819. The second kappa shape index (κ2) is 7.62. The van der Waals surface area contributed by atoms with Crippen molar-refractivity contribution < 1.29 is 4.79 Å². The van der Waals surface area contributed by atoms with Gasteiger partial charge in [0.05, 0.1) is 12.6 Å². The highest BCUT2D eigenvalue weighted by Crippen LogP contribution is 2.27. The van der Waals surface area contributed by atoms with Crippen molar-refractivity contribution in [2.75, 3.05) is 20.1 Å². The van der Waals surface area contributed by atoms with Crippen LogP contribution in [-0.4, -0.2) is 51.7 Å². The molecule has 1 aromatic carbocycles. The number of aromatic nitrogens is 2. The first-order valence-corrected chi connectivity index (χ1v) is 8.73. The SMILES string of the molecule is CCN(C)[C@@H](C(=O)N1CCC[C@@H]1Cn1cccn1)c1ccccc1. The van der Waals surface area contributed by atoms with E-state index >= 15 is 0 Å². The van der Waals surface area contributed by atoms with Gasteiger partial charge in [0.2, 0.25) is 5.91 Å². The second-order valence-electron chi connectivity index (χ2n) is 6.44. The van der Waals surface area contributed by atoms with Gasteiger partial charge in [-0.25, -0.2) is 0 Å². The van der Waals surface area contributed by atoms with E-state index in [-0.39, 0.29) is 18.0 Å². The average molecular weight is 326 g/mol. The highest BCUT2D eigenvalue weighted by atomic mass is 16.2. The molecule has 1 aliphatic rings. The zero-order valence-electron chi connectivity index (χ0n) is 14.5. The standard InChI is InChI=1S/C19H26N4O/c1-3-21(2)18(16-9-5-4-6-10-16)19(24)23-14-7-11-17(23)15-22-13-8-12-20-22/h4-6,8-10,12-13,17-18H,3,7,11,14-15H2,1-2H3/t17-,18-/m1/s1. The summed E-state index contributed by atoms with van der Waals surface area (Å²) in [6, 6.07) is 12.0. The molecule has 3 rings (SSSR count). The molecule has 1 aromatic heterocycles. The van der Waals surface area contributed by atoms with Gasteiger partial charge in [0.15, 0.2) is 0 Å². The van der Waals surface area contributed by atoms with Crippen molar-refractivity contribution in [3.05, 3.63) is 54.4 Å². The molecular weight excluding hydrogens is 300 g/mol. The third-order valence-corrected chi connectivity index (χ3v) is 4.91. The van der Waals surface area contributed by atoms with Crippen LogP contribution in [0.4, 0.5) is 0 Å². The van der Waals surface area contributed by atoms with Crippen LogP contribution in [0.2, 0.25) is 0 Å². The zero-order chi connectivity index (χ0) is 16.9. The molecule has 0 aliphatic carbocycles. The number of likely N-dealkylation sites (N-methyl/N-ethyl adjacent to an activating group) is 1. The highest BCUT2D eigenvalue weighted by Gasteiger charge is 2.35. The first-order valence-electron chi connectivity index (χ1n) is 8.73. The fraction of sp³-hybridized carbons (Fsp3) is 0.474. The minimum atomic E-state index is -0.213. The summed E-state index contributed by atoms with van der Waals surface area (Å²) in [6.45, 7) is 4.54. The van der Waals surface area contributed by atoms with Crippen LogP contribution in [0.3, 0.4) is 0 Å². The van der Waals surface area contributed by atoms with E-state index in [9.17, 15) is 4.79 Å². The molecule has 0 N–H and O–H groups in total. The van der Waals surface area contributed by atoms with E-state index < -0.39 is 0 Å². The average Bonchev–Trinajstić information content (AvgIpc) is 3.28. The van der Waals surface area contributed by atoms with Crippen LogP contribution in [0.1, 0.15) is 31.4 Å². The Morgan fingerprint density at radius 3 is 2.79 bits per heavy atom. The molecule has 0 bridgehead atoms. The summed E-state index contributed by atoms with van der Waals surface area (Å²) in [6.07, 6.45) is 5.87. The number of benzene rings is 1. The number of hydrogen-bond donors (Lipinski definition) is 0. The Bertz CT molecular complexity index is 641. The summed E-state index contributed by atoms with van der Waals surface area (Å²) < 4.78 is 1.93. The van der Waals surface area contributed by atoms with Crippen LogP contribution in [0, 0.1) is 0 Å². The molecule has 1 fully saturated rings. The van der Waals surface area contributed by atoms with Crippen molar-refractivity contribution in [3.63, 3.8) is 0 Å². The molecule has 128 valence electrons. The third kappa shape index (κ3) is 3.51. The molecule has 2 heterocycles. The normalized spacial score (nSPS) is 19.0. The van der Waals surface area contributed by atoms with E-state index in [1.165, 1.54) is 0 Å². The predicted octanol–water partition coefficient (Wildman–Crippen LogP) is 2.57.